The quantitative estimate of drug-likeness (QED) is 0.149. The van der Waals surface area contributed by atoms with E-state index in [2.05, 4.69) is 89.1 Å². The Kier molecular flexibility index (Phi) is 6.16. The monoisotopic (exact) mass is 570 g/mol. The van der Waals surface area contributed by atoms with Crippen LogP contribution in [-0.2, 0) is 6.67 Å². The molecule has 6 aromatic carbocycles. The molecule has 0 bridgehead atoms. The molecule has 4 nitrogen and oxygen atoms in total. The van der Waals surface area contributed by atoms with Crippen LogP contribution in [0.2, 0.25) is 0 Å². The van der Waals surface area contributed by atoms with Gasteiger partial charge in [0, 0.05) is 37.4 Å². The number of aliphatic imine (C=N–C) groups is 3. The van der Waals surface area contributed by atoms with Gasteiger partial charge in [0.15, 0.2) is 11.7 Å². The largest absolute Gasteiger partial charge is 0.319 e. The molecule has 0 unspecified atom stereocenters. The summed E-state index contributed by atoms with van der Waals surface area (Å²) in [5.74, 6) is 1.16. The number of amidine groups is 2. The first kappa shape index (κ1) is 25.3. The maximum absolute atomic E-state index is 5.20. The molecule has 0 amide bonds. The van der Waals surface area contributed by atoms with Crippen LogP contribution in [0.5, 0.6) is 0 Å². The molecule has 0 spiro atoms. The van der Waals surface area contributed by atoms with Crippen LogP contribution < -0.4 is 0 Å². The molecular formula is C38H26N4S. The highest BCUT2D eigenvalue weighted by atomic mass is 32.1. The van der Waals surface area contributed by atoms with Gasteiger partial charge in [0.2, 0.25) is 0 Å². The van der Waals surface area contributed by atoms with Crippen molar-refractivity contribution < 1.29 is 0 Å². The highest BCUT2D eigenvalue weighted by Crippen LogP contribution is 2.46. The minimum atomic E-state index is 0.401. The predicted octanol–water partition coefficient (Wildman–Crippen LogP) is 9.87. The van der Waals surface area contributed by atoms with Gasteiger partial charge < -0.3 is 4.57 Å². The van der Waals surface area contributed by atoms with Gasteiger partial charge in [-0.1, -0.05) is 121 Å². The highest BCUT2D eigenvalue weighted by Gasteiger charge is 2.20. The van der Waals surface area contributed by atoms with Crippen LogP contribution >= 0.6 is 11.3 Å². The third kappa shape index (κ3) is 4.17. The molecule has 43 heavy (non-hydrogen) atoms. The molecule has 0 atom stereocenters. The second-order valence-corrected chi connectivity index (χ2v) is 11.5. The molecule has 0 radical (unpaired) electrons. The number of para-hydroxylation sites is 1. The van der Waals surface area contributed by atoms with E-state index in [1.165, 1.54) is 47.2 Å². The third-order valence-electron chi connectivity index (χ3n) is 8.03. The van der Waals surface area contributed by atoms with Crippen molar-refractivity contribution in [3.8, 4) is 0 Å². The standard InChI is InChI=1S/C38H26N4S/c1-39-37(25-14-4-2-5-15-25)41-38(26-16-6-3-7-17-26)40-24-42-31-22-12-10-20-29(31)33-27-18-8-9-19-28(27)34-30-21-11-13-23-32(30)43-36(34)35(33)42/h2-23H,1,24H2. The van der Waals surface area contributed by atoms with Gasteiger partial charge in [-0.15, -0.1) is 11.3 Å². The summed E-state index contributed by atoms with van der Waals surface area (Å²) in [6.07, 6.45) is 0. The first-order valence-corrected chi connectivity index (χ1v) is 15.1. The molecule has 8 rings (SSSR count). The summed E-state index contributed by atoms with van der Waals surface area (Å²) < 4.78 is 4.93. The third-order valence-corrected chi connectivity index (χ3v) is 9.21. The normalized spacial score (nSPS) is 12.7. The van der Waals surface area contributed by atoms with E-state index >= 15 is 0 Å². The van der Waals surface area contributed by atoms with Gasteiger partial charge in [-0.25, -0.2) is 15.0 Å². The van der Waals surface area contributed by atoms with Gasteiger partial charge in [0.1, 0.15) is 6.67 Å². The van der Waals surface area contributed by atoms with E-state index in [1.54, 1.807) is 0 Å². The predicted molar refractivity (Wildman–Crippen MR) is 185 cm³/mol. The van der Waals surface area contributed by atoms with Crippen LogP contribution in [-0.4, -0.2) is 23.0 Å². The highest BCUT2D eigenvalue weighted by molar-refractivity contribution is 7.27. The summed E-state index contributed by atoms with van der Waals surface area (Å²) in [5, 5.41) is 7.64. The molecule has 0 aliphatic carbocycles. The smallest absolute Gasteiger partial charge is 0.161 e. The summed E-state index contributed by atoms with van der Waals surface area (Å²) in [5.41, 5.74) is 4.19. The Labute approximate surface area is 252 Å². The molecule has 5 heteroatoms. The average molecular weight is 571 g/mol. The lowest BCUT2D eigenvalue weighted by atomic mass is 9.99. The summed E-state index contributed by atoms with van der Waals surface area (Å²) >= 11 is 1.86. The van der Waals surface area contributed by atoms with Crippen LogP contribution in [0.3, 0.4) is 0 Å². The summed E-state index contributed by atoms with van der Waals surface area (Å²) in [6, 6.07) is 46.2. The van der Waals surface area contributed by atoms with Gasteiger partial charge in [0.05, 0.1) is 15.7 Å². The molecule has 0 aliphatic rings. The summed E-state index contributed by atoms with van der Waals surface area (Å²) in [6.45, 7) is 4.22. The van der Waals surface area contributed by atoms with Crippen molar-refractivity contribution >= 4 is 82.5 Å². The number of fused-ring (bicyclic) bond motifs is 10. The number of thiophene rings is 1. The maximum Gasteiger partial charge on any atom is 0.161 e. The van der Waals surface area contributed by atoms with Gasteiger partial charge in [0.25, 0.3) is 0 Å². The summed E-state index contributed by atoms with van der Waals surface area (Å²) in [4.78, 5) is 14.4. The Hall–Kier alpha value is -5.39. The van der Waals surface area contributed by atoms with Crippen molar-refractivity contribution in [2.75, 3.05) is 0 Å². The zero-order valence-corrected chi connectivity index (χ0v) is 24.1. The molecule has 0 saturated carbocycles. The van der Waals surface area contributed by atoms with Crippen molar-refractivity contribution in [2.45, 2.75) is 6.67 Å². The lowest BCUT2D eigenvalue weighted by molar-refractivity contribution is 0.794. The van der Waals surface area contributed by atoms with E-state index in [0.29, 0.717) is 18.3 Å². The van der Waals surface area contributed by atoms with Crippen LogP contribution in [0.1, 0.15) is 11.1 Å². The van der Waals surface area contributed by atoms with E-state index in [9.17, 15) is 0 Å². The molecule has 0 aliphatic heterocycles. The fourth-order valence-electron chi connectivity index (χ4n) is 6.15. The molecule has 8 aromatic rings. The summed E-state index contributed by atoms with van der Waals surface area (Å²) in [7, 11) is 0. The number of rotatable bonds is 4. The average Bonchev–Trinajstić information content (AvgIpc) is 3.62. The van der Waals surface area contributed by atoms with Crippen molar-refractivity contribution in [3.05, 3.63) is 145 Å². The number of hydrogen-bond donors (Lipinski definition) is 0. The van der Waals surface area contributed by atoms with E-state index in [1.807, 2.05) is 72.0 Å². The van der Waals surface area contributed by atoms with Crippen molar-refractivity contribution in [1.29, 1.82) is 0 Å². The molecule has 204 valence electrons. The molecular weight excluding hydrogens is 545 g/mol. The Bertz CT molecular complexity index is 2380. The van der Waals surface area contributed by atoms with Gasteiger partial charge in [-0.3, -0.25) is 0 Å². The number of nitrogens with zero attached hydrogens (tertiary/aromatic N) is 4. The molecule has 0 saturated heterocycles. The Morgan fingerprint density at radius 2 is 1.14 bits per heavy atom. The Morgan fingerprint density at radius 3 is 1.84 bits per heavy atom. The van der Waals surface area contributed by atoms with Crippen molar-refractivity contribution in [1.82, 2.24) is 4.57 Å². The first-order chi connectivity index (χ1) is 21.3. The second-order valence-electron chi connectivity index (χ2n) is 10.5. The zero-order valence-electron chi connectivity index (χ0n) is 23.3. The Balaban J connectivity index is 1.43. The number of aromatic nitrogens is 1. The number of hydrogen-bond acceptors (Lipinski definition) is 2. The molecule has 2 heterocycles. The maximum atomic E-state index is 5.20. The van der Waals surface area contributed by atoms with E-state index in [-0.39, 0.29) is 0 Å². The van der Waals surface area contributed by atoms with E-state index < -0.39 is 0 Å². The van der Waals surface area contributed by atoms with Gasteiger partial charge in [-0.05, 0) is 29.6 Å². The Morgan fingerprint density at radius 1 is 0.581 bits per heavy atom. The van der Waals surface area contributed by atoms with Crippen LogP contribution in [0, 0.1) is 0 Å². The van der Waals surface area contributed by atoms with E-state index in [4.69, 9.17) is 9.98 Å². The number of benzene rings is 6. The minimum Gasteiger partial charge on any atom is -0.319 e. The molecule has 0 fully saturated rings. The van der Waals surface area contributed by atoms with Crippen LogP contribution in [0.15, 0.2) is 148 Å². The zero-order chi connectivity index (χ0) is 28.8. The topological polar surface area (TPSA) is 42.0 Å². The fourth-order valence-corrected chi connectivity index (χ4v) is 7.43. The lowest BCUT2D eigenvalue weighted by Gasteiger charge is -2.10. The fraction of sp³-hybridized carbons (Fsp3) is 0.0263. The van der Waals surface area contributed by atoms with Crippen LogP contribution in [0.4, 0.5) is 0 Å². The molecule has 0 N–H and O–H groups in total. The van der Waals surface area contributed by atoms with E-state index in [0.717, 1.165) is 16.6 Å². The van der Waals surface area contributed by atoms with Gasteiger partial charge >= 0.3 is 0 Å². The van der Waals surface area contributed by atoms with Crippen molar-refractivity contribution in [2.24, 2.45) is 15.0 Å². The lowest BCUT2D eigenvalue weighted by Crippen LogP contribution is -2.07. The van der Waals surface area contributed by atoms with Crippen LogP contribution in [0.25, 0.3) is 52.8 Å². The minimum absolute atomic E-state index is 0.401. The van der Waals surface area contributed by atoms with Gasteiger partial charge in [-0.2, -0.15) is 0 Å². The molecule has 2 aromatic heterocycles. The van der Waals surface area contributed by atoms with Crippen molar-refractivity contribution in [3.63, 3.8) is 0 Å². The second kappa shape index (κ2) is 10.5. The SMILES string of the molecule is C=NC(=NC(=NCn1c2ccccc2c2c3ccccc3c3c4ccccc4sc3c21)c1ccccc1)c1ccccc1. The first-order valence-electron chi connectivity index (χ1n) is 14.3.